The Kier molecular flexibility index (Phi) is 5.12. The van der Waals surface area contributed by atoms with Crippen molar-refractivity contribution in [2.45, 2.75) is 46.6 Å². The molecule has 1 heterocycles. The van der Waals surface area contributed by atoms with E-state index in [1.54, 1.807) is 4.90 Å². The maximum atomic E-state index is 13.1. The van der Waals surface area contributed by atoms with E-state index < -0.39 is 0 Å². The van der Waals surface area contributed by atoms with Crippen molar-refractivity contribution in [1.29, 1.82) is 0 Å². The van der Waals surface area contributed by atoms with Crippen LogP contribution in [0, 0.1) is 6.92 Å². The summed E-state index contributed by atoms with van der Waals surface area (Å²) in [6.45, 7) is 7.70. The van der Waals surface area contributed by atoms with Gasteiger partial charge in [-0.3, -0.25) is 9.59 Å². The molecule has 0 aromatic heterocycles. The average Bonchev–Trinajstić information content (AvgIpc) is 2.95. The van der Waals surface area contributed by atoms with Crippen molar-refractivity contribution in [1.82, 2.24) is 0 Å². The Hall–Kier alpha value is -2.62. The number of anilines is 2. The van der Waals surface area contributed by atoms with Crippen molar-refractivity contribution in [3.05, 3.63) is 59.2 Å². The van der Waals surface area contributed by atoms with E-state index in [9.17, 15) is 9.59 Å². The Balaban J connectivity index is 1.93. The van der Waals surface area contributed by atoms with Gasteiger partial charge >= 0.3 is 0 Å². The molecule has 0 saturated carbocycles. The van der Waals surface area contributed by atoms with Crippen LogP contribution in [0.25, 0.3) is 0 Å². The summed E-state index contributed by atoms with van der Waals surface area (Å²) >= 11 is 0. The Morgan fingerprint density at radius 3 is 2.58 bits per heavy atom. The molecule has 1 unspecified atom stereocenters. The number of amides is 2. The molecule has 0 N–H and O–H groups in total. The molecule has 26 heavy (non-hydrogen) atoms. The van der Waals surface area contributed by atoms with Crippen LogP contribution in [-0.2, 0) is 22.4 Å². The van der Waals surface area contributed by atoms with Gasteiger partial charge in [-0.05, 0) is 49.4 Å². The summed E-state index contributed by atoms with van der Waals surface area (Å²) < 4.78 is 0. The number of hydrogen-bond donors (Lipinski definition) is 0. The summed E-state index contributed by atoms with van der Waals surface area (Å²) in [4.78, 5) is 29.0. The van der Waals surface area contributed by atoms with E-state index in [1.165, 1.54) is 12.5 Å². The highest BCUT2D eigenvalue weighted by atomic mass is 16.2. The minimum Gasteiger partial charge on any atom is -0.307 e. The van der Waals surface area contributed by atoms with Crippen LogP contribution < -0.4 is 9.80 Å². The quantitative estimate of drug-likeness (QED) is 0.839. The lowest BCUT2D eigenvalue weighted by Gasteiger charge is -2.29. The molecular weight excluding hydrogens is 324 g/mol. The van der Waals surface area contributed by atoms with E-state index in [2.05, 4.69) is 19.9 Å². The summed E-state index contributed by atoms with van der Waals surface area (Å²) in [6, 6.07) is 14.1. The van der Waals surface area contributed by atoms with Gasteiger partial charge in [-0.15, -0.1) is 0 Å². The molecule has 2 aromatic rings. The number of hydrogen-bond acceptors (Lipinski definition) is 2. The van der Waals surface area contributed by atoms with Crippen LogP contribution in [-0.4, -0.2) is 24.4 Å². The molecule has 4 nitrogen and oxygen atoms in total. The van der Waals surface area contributed by atoms with Crippen molar-refractivity contribution >= 4 is 23.2 Å². The van der Waals surface area contributed by atoms with Crippen LogP contribution in [0.2, 0.25) is 0 Å². The Morgan fingerprint density at radius 2 is 1.88 bits per heavy atom. The number of rotatable bonds is 4. The molecule has 136 valence electrons. The van der Waals surface area contributed by atoms with Gasteiger partial charge < -0.3 is 9.80 Å². The second-order valence-corrected chi connectivity index (χ2v) is 6.99. The summed E-state index contributed by atoms with van der Waals surface area (Å²) in [5.74, 6) is -0.148. The van der Waals surface area contributed by atoms with E-state index in [0.29, 0.717) is 0 Å². The van der Waals surface area contributed by atoms with Crippen LogP contribution in [0.1, 0.15) is 37.5 Å². The van der Waals surface area contributed by atoms with Crippen molar-refractivity contribution in [3.8, 4) is 0 Å². The van der Waals surface area contributed by atoms with Crippen LogP contribution in [0.3, 0.4) is 0 Å². The number of fused-ring (bicyclic) bond motifs is 1. The topological polar surface area (TPSA) is 40.6 Å². The van der Waals surface area contributed by atoms with Crippen molar-refractivity contribution in [3.63, 3.8) is 0 Å². The van der Waals surface area contributed by atoms with E-state index in [4.69, 9.17) is 0 Å². The first-order valence-electron chi connectivity index (χ1n) is 9.20. The smallest absolute Gasteiger partial charge is 0.247 e. The fourth-order valence-electron chi connectivity index (χ4n) is 3.90. The van der Waals surface area contributed by atoms with Gasteiger partial charge in [-0.25, -0.2) is 0 Å². The normalized spacial score (nSPS) is 15.7. The van der Waals surface area contributed by atoms with Crippen LogP contribution >= 0.6 is 0 Å². The third-order valence-corrected chi connectivity index (χ3v) is 5.12. The molecule has 0 bridgehead atoms. The molecule has 1 aliphatic rings. The molecule has 3 rings (SSSR count). The molecule has 0 radical (unpaired) electrons. The SMILES string of the molecule is CCc1cccc(C)c1N(CC(=O)N1c2ccccc2CC1C)C(C)=O. The molecular formula is C22H26N2O2. The van der Waals surface area contributed by atoms with Crippen LogP contribution in [0.4, 0.5) is 11.4 Å². The number of aryl methyl sites for hydroxylation is 2. The Morgan fingerprint density at radius 1 is 1.15 bits per heavy atom. The fraction of sp³-hybridized carbons (Fsp3) is 0.364. The summed E-state index contributed by atoms with van der Waals surface area (Å²) in [7, 11) is 0. The van der Waals surface area contributed by atoms with Gasteiger partial charge in [0.1, 0.15) is 6.54 Å². The second-order valence-electron chi connectivity index (χ2n) is 6.99. The van der Waals surface area contributed by atoms with Crippen molar-refractivity contribution in [2.75, 3.05) is 16.3 Å². The van der Waals surface area contributed by atoms with Gasteiger partial charge in [0.05, 0.1) is 5.69 Å². The maximum Gasteiger partial charge on any atom is 0.247 e. The zero-order chi connectivity index (χ0) is 18.8. The van der Waals surface area contributed by atoms with E-state index >= 15 is 0 Å². The predicted molar refractivity (Wildman–Crippen MR) is 106 cm³/mol. The first kappa shape index (κ1) is 18.2. The maximum absolute atomic E-state index is 13.1. The van der Waals surface area contributed by atoms with Crippen molar-refractivity contribution in [2.24, 2.45) is 0 Å². The lowest BCUT2D eigenvalue weighted by molar-refractivity contribution is -0.121. The predicted octanol–water partition coefficient (Wildman–Crippen LogP) is 3.89. The van der Waals surface area contributed by atoms with Gasteiger partial charge in [0.2, 0.25) is 11.8 Å². The lowest BCUT2D eigenvalue weighted by atomic mass is 10.0. The minimum absolute atomic E-state index is 0.0389. The van der Waals surface area contributed by atoms with Gasteiger partial charge in [0.15, 0.2) is 0 Å². The third-order valence-electron chi connectivity index (χ3n) is 5.12. The second kappa shape index (κ2) is 7.32. The van der Waals surface area contributed by atoms with Gasteiger partial charge in [-0.1, -0.05) is 43.3 Å². The first-order chi connectivity index (χ1) is 12.4. The standard InChI is InChI=1S/C22H26N2O2/c1-5-18-11-8-9-15(2)22(18)23(17(4)25)14-21(26)24-16(3)13-19-10-6-7-12-20(19)24/h6-12,16H,5,13-14H2,1-4H3. The van der Waals surface area contributed by atoms with Gasteiger partial charge in [0, 0.05) is 18.7 Å². The lowest BCUT2D eigenvalue weighted by Crippen LogP contribution is -2.45. The van der Waals surface area contributed by atoms with E-state index in [0.717, 1.165) is 35.3 Å². The minimum atomic E-state index is -0.109. The highest BCUT2D eigenvalue weighted by Gasteiger charge is 2.32. The molecule has 0 saturated heterocycles. The van der Waals surface area contributed by atoms with Crippen LogP contribution in [0.15, 0.2) is 42.5 Å². The number of carbonyl (C=O) groups is 2. The van der Waals surface area contributed by atoms with Crippen LogP contribution in [0.5, 0.6) is 0 Å². The molecule has 4 heteroatoms. The fourth-order valence-corrected chi connectivity index (χ4v) is 3.90. The Labute approximate surface area is 155 Å². The molecule has 0 spiro atoms. The monoisotopic (exact) mass is 350 g/mol. The number of para-hydroxylation sites is 2. The van der Waals surface area contributed by atoms with Gasteiger partial charge in [-0.2, -0.15) is 0 Å². The molecule has 0 aliphatic carbocycles. The average molecular weight is 350 g/mol. The molecule has 1 aliphatic heterocycles. The Bertz CT molecular complexity index is 844. The largest absolute Gasteiger partial charge is 0.307 e. The number of carbonyl (C=O) groups excluding carboxylic acids is 2. The zero-order valence-corrected chi connectivity index (χ0v) is 16.0. The summed E-state index contributed by atoms with van der Waals surface area (Å²) in [6.07, 6.45) is 1.67. The molecule has 2 aromatic carbocycles. The highest BCUT2D eigenvalue weighted by Crippen LogP contribution is 2.33. The highest BCUT2D eigenvalue weighted by molar-refractivity contribution is 6.05. The third kappa shape index (κ3) is 3.24. The summed E-state index contributed by atoms with van der Waals surface area (Å²) in [5.41, 5.74) is 5.13. The molecule has 2 amide bonds. The first-order valence-corrected chi connectivity index (χ1v) is 9.20. The van der Waals surface area contributed by atoms with Gasteiger partial charge in [0.25, 0.3) is 0 Å². The zero-order valence-electron chi connectivity index (χ0n) is 16.0. The van der Waals surface area contributed by atoms with E-state index in [-0.39, 0.29) is 24.4 Å². The molecule has 1 atom stereocenters. The number of nitrogens with zero attached hydrogens (tertiary/aromatic N) is 2. The summed E-state index contributed by atoms with van der Waals surface area (Å²) in [5, 5.41) is 0. The van der Waals surface area contributed by atoms with E-state index in [1.807, 2.05) is 48.2 Å². The molecule has 0 fully saturated rings. The van der Waals surface area contributed by atoms with Crippen molar-refractivity contribution < 1.29 is 9.59 Å². The number of benzene rings is 2.